The fourth-order valence-electron chi connectivity index (χ4n) is 1.83. The topological polar surface area (TPSA) is 56.8 Å². The van der Waals surface area contributed by atoms with Crippen LogP contribution in [0.2, 0.25) is 0 Å². The van der Waals surface area contributed by atoms with Gasteiger partial charge in [0.2, 0.25) is 10.3 Å². The molecular weight excluding hydrogens is 367 g/mol. The molecule has 10 heteroatoms. The van der Waals surface area contributed by atoms with Crippen molar-refractivity contribution in [1.82, 2.24) is 5.32 Å². The molecule has 142 valence electrons. The summed E-state index contributed by atoms with van der Waals surface area (Å²) in [6.07, 6.45) is -5.95. The van der Waals surface area contributed by atoms with Crippen molar-refractivity contribution in [2.24, 2.45) is 0 Å². The molecule has 24 heavy (non-hydrogen) atoms. The normalized spacial score (nSPS) is 14.3. The molecular formula is C14H24F3NO4S2. The molecule has 0 aromatic rings. The van der Waals surface area contributed by atoms with Crippen molar-refractivity contribution in [3.63, 3.8) is 0 Å². The van der Waals surface area contributed by atoms with Gasteiger partial charge in [-0.15, -0.1) is 0 Å². The smallest absolute Gasteiger partial charge is 0.408 e. The molecule has 0 bridgehead atoms. The van der Waals surface area contributed by atoms with Gasteiger partial charge in [0.1, 0.15) is 6.04 Å². The summed E-state index contributed by atoms with van der Waals surface area (Å²) in [5, 5.41) is 1.13. The maximum atomic E-state index is 13.2. The number of thioether (sulfide) groups is 1. The van der Waals surface area contributed by atoms with Gasteiger partial charge in [-0.2, -0.15) is 13.2 Å². The zero-order chi connectivity index (χ0) is 18.8. The predicted octanol–water partition coefficient (Wildman–Crippen LogP) is 3.27. The number of thiocarbonyl (C=S) groups is 1. The second-order valence-electron chi connectivity index (χ2n) is 4.65. The van der Waals surface area contributed by atoms with E-state index in [1.54, 1.807) is 20.8 Å². The van der Waals surface area contributed by atoms with Gasteiger partial charge in [-0.3, -0.25) is 4.79 Å². The summed E-state index contributed by atoms with van der Waals surface area (Å²) in [7, 11) is 0. The summed E-state index contributed by atoms with van der Waals surface area (Å²) in [6, 6.07) is -2.03. The molecule has 5 nitrogen and oxygen atoms in total. The minimum absolute atomic E-state index is 0.107. The number of rotatable bonds is 10. The number of hydrogen-bond donors (Lipinski definition) is 1. The van der Waals surface area contributed by atoms with E-state index in [-0.39, 0.29) is 17.6 Å². The monoisotopic (exact) mass is 391 g/mol. The van der Waals surface area contributed by atoms with Gasteiger partial charge in [-0.05, 0) is 39.4 Å². The zero-order valence-corrected chi connectivity index (χ0v) is 15.8. The Balaban J connectivity index is 5.30. The molecule has 1 N–H and O–H groups in total. The lowest BCUT2D eigenvalue weighted by Gasteiger charge is -2.30. The number of carbonyl (C=O) groups is 1. The van der Waals surface area contributed by atoms with Crippen LogP contribution in [-0.2, 0) is 19.0 Å². The molecule has 2 atom stereocenters. The molecule has 2 unspecified atom stereocenters. The van der Waals surface area contributed by atoms with E-state index >= 15 is 0 Å². The molecule has 0 saturated heterocycles. The number of nitrogens with one attached hydrogen (secondary N) is 1. The van der Waals surface area contributed by atoms with Crippen molar-refractivity contribution in [1.29, 1.82) is 0 Å². The molecule has 0 aliphatic heterocycles. The Morgan fingerprint density at radius 3 is 2.08 bits per heavy atom. The highest BCUT2D eigenvalue weighted by molar-refractivity contribution is 8.23. The molecule has 0 rings (SSSR count). The number of halogens is 3. The molecule has 0 spiro atoms. The number of hydrogen-bond acceptors (Lipinski definition) is 6. The van der Waals surface area contributed by atoms with Crippen LogP contribution in [0.5, 0.6) is 0 Å². The Bertz CT molecular complexity index is 391. The lowest BCUT2D eigenvalue weighted by molar-refractivity contribution is -0.171. The van der Waals surface area contributed by atoms with Crippen LogP contribution in [0, 0.1) is 0 Å². The molecule has 1 amide bonds. The van der Waals surface area contributed by atoms with E-state index < -0.39 is 36.1 Å². The summed E-state index contributed by atoms with van der Waals surface area (Å²) in [5.74, 6) is -0.766. The third-order valence-electron chi connectivity index (χ3n) is 2.72. The van der Waals surface area contributed by atoms with Gasteiger partial charge in [-0.1, -0.05) is 11.8 Å². The molecule has 0 aromatic carbocycles. The molecule has 0 aliphatic carbocycles. The van der Waals surface area contributed by atoms with Crippen molar-refractivity contribution in [3.8, 4) is 0 Å². The predicted molar refractivity (Wildman–Crippen MR) is 90.9 cm³/mol. The minimum atomic E-state index is -4.60. The largest absolute Gasteiger partial charge is 0.479 e. The van der Waals surface area contributed by atoms with Crippen LogP contribution in [0.1, 0.15) is 34.1 Å². The van der Waals surface area contributed by atoms with Gasteiger partial charge in [0.25, 0.3) is 0 Å². The van der Waals surface area contributed by atoms with E-state index in [2.05, 4.69) is 0 Å². The second kappa shape index (κ2) is 11.9. The van der Waals surface area contributed by atoms with E-state index in [0.29, 0.717) is 6.61 Å². The Hall–Kier alpha value is -0.580. The fourth-order valence-corrected chi connectivity index (χ4v) is 3.31. The zero-order valence-electron chi connectivity index (χ0n) is 14.1. The van der Waals surface area contributed by atoms with Gasteiger partial charge in [-0.25, -0.2) is 0 Å². The van der Waals surface area contributed by atoms with Crippen LogP contribution >= 0.6 is 24.0 Å². The van der Waals surface area contributed by atoms with Gasteiger partial charge in [0.15, 0.2) is 6.29 Å². The van der Waals surface area contributed by atoms with Crippen LogP contribution in [0.25, 0.3) is 0 Å². The van der Waals surface area contributed by atoms with E-state index in [4.69, 9.17) is 26.4 Å². The van der Waals surface area contributed by atoms with E-state index in [1.807, 2.05) is 5.32 Å². The first-order valence-corrected chi connectivity index (χ1v) is 8.84. The third kappa shape index (κ3) is 9.65. The highest BCUT2D eigenvalue weighted by Gasteiger charge is 2.43. The van der Waals surface area contributed by atoms with E-state index in [1.165, 1.54) is 0 Å². The number of alkyl halides is 3. The van der Waals surface area contributed by atoms with Gasteiger partial charge >= 0.3 is 6.18 Å². The molecule has 0 fully saturated rings. The fraction of sp³-hybridized carbons (Fsp3) is 0.857. The second-order valence-corrected chi connectivity index (χ2v) is 6.49. The maximum Gasteiger partial charge on any atom is 0.408 e. The summed E-state index contributed by atoms with van der Waals surface area (Å²) in [6.45, 7) is 7.02. The first kappa shape index (κ1) is 23.4. The van der Waals surface area contributed by atoms with Crippen LogP contribution in [0.3, 0.4) is 0 Å². The average Bonchev–Trinajstić information content (AvgIpc) is 2.44. The highest BCUT2D eigenvalue weighted by atomic mass is 32.2. The van der Waals surface area contributed by atoms with Crippen LogP contribution < -0.4 is 5.32 Å². The highest BCUT2D eigenvalue weighted by Crippen LogP contribution is 2.31. The van der Waals surface area contributed by atoms with Crippen molar-refractivity contribution in [3.05, 3.63) is 0 Å². The van der Waals surface area contributed by atoms with Crippen molar-refractivity contribution in [2.45, 2.75) is 57.9 Å². The Morgan fingerprint density at radius 1 is 1.17 bits per heavy atom. The van der Waals surface area contributed by atoms with Crippen molar-refractivity contribution in [2.75, 3.05) is 19.8 Å². The minimum Gasteiger partial charge on any atom is -0.479 e. The number of ether oxygens (including phenoxy) is 3. The first-order chi connectivity index (χ1) is 11.1. The Kier molecular flexibility index (Phi) is 11.6. The number of amides is 1. The summed E-state index contributed by atoms with van der Waals surface area (Å²) >= 11 is 5.95. The molecule has 0 heterocycles. The molecule has 0 aliphatic rings. The first-order valence-electron chi connectivity index (χ1n) is 7.56. The Morgan fingerprint density at radius 2 is 1.71 bits per heavy atom. The van der Waals surface area contributed by atoms with E-state index in [0.717, 1.165) is 18.7 Å². The van der Waals surface area contributed by atoms with Crippen LogP contribution in [-0.4, -0.2) is 53.9 Å². The standard InChI is InChI=1S/C14H24F3NO4S2/c1-5-20-12(21-6-2)10(24-13(23)22-7-3)8-11(14(15,16)17)18-9(4)19/h10-12H,5-8H2,1-4H3,(H,18,19). The van der Waals surface area contributed by atoms with Crippen molar-refractivity contribution >= 4 is 34.3 Å². The lowest BCUT2D eigenvalue weighted by atomic mass is 10.1. The van der Waals surface area contributed by atoms with Gasteiger partial charge in [0.05, 0.1) is 11.9 Å². The summed E-state index contributed by atoms with van der Waals surface area (Å²) in [4.78, 5) is 11.1. The SMILES string of the molecule is CCOC(=S)SC(CC(NC(C)=O)C(F)(F)F)C(OCC)OCC. The van der Waals surface area contributed by atoms with Crippen LogP contribution in [0.4, 0.5) is 13.2 Å². The van der Waals surface area contributed by atoms with Crippen molar-refractivity contribution < 1.29 is 32.2 Å². The Labute approximate surface area is 150 Å². The molecule has 0 aromatic heterocycles. The average molecular weight is 391 g/mol. The number of carbonyl (C=O) groups excluding carboxylic acids is 1. The molecule has 0 radical (unpaired) electrons. The quantitative estimate of drug-likeness (QED) is 0.456. The lowest BCUT2D eigenvalue weighted by Crippen LogP contribution is -2.48. The molecule has 0 saturated carbocycles. The summed E-state index contributed by atoms with van der Waals surface area (Å²) < 4.78 is 55.6. The summed E-state index contributed by atoms with van der Waals surface area (Å²) in [5.41, 5.74) is 0. The maximum absolute atomic E-state index is 13.2. The third-order valence-corrected chi connectivity index (χ3v) is 4.15. The van der Waals surface area contributed by atoms with E-state index in [9.17, 15) is 18.0 Å². The van der Waals surface area contributed by atoms with Gasteiger partial charge < -0.3 is 19.5 Å². The van der Waals surface area contributed by atoms with Crippen LogP contribution in [0.15, 0.2) is 0 Å². The van der Waals surface area contributed by atoms with Gasteiger partial charge in [0, 0.05) is 20.1 Å².